The van der Waals surface area contributed by atoms with Crippen molar-refractivity contribution in [2.24, 2.45) is 5.92 Å². The molecule has 2 unspecified atom stereocenters. The molecule has 13 heavy (non-hydrogen) atoms. The minimum Gasteiger partial charge on any atom is -0.481 e. The molecule has 0 fully saturated rings. The molecule has 0 spiro atoms. The van der Waals surface area contributed by atoms with E-state index in [1.54, 1.807) is 6.07 Å². The Kier molecular flexibility index (Phi) is 1.84. The largest absolute Gasteiger partial charge is 0.481 e. The van der Waals surface area contributed by atoms with Gasteiger partial charge < -0.3 is 9.52 Å². The van der Waals surface area contributed by atoms with Gasteiger partial charge in [-0.2, -0.15) is 0 Å². The lowest BCUT2D eigenvalue weighted by atomic mass is 9.98. The number of rotatable bonds is 1. The van der Waals surface area contributed by atoms with E-state index in [0.29, 0.717) is 5.76 Å². The van der Waals surface area contributed by atoms with Gasteiger partial charge in [0, 0.05) is 0 Å². The first kappa shape index (κ1) is 8.63. The van der Waals surface area contributed by atoms with Gasteiger partial charge in [0.15, 0.2) is 5.22 Å². The molecule has 0 aromatic carbocycles. The third kappa shape index (κ3) is 1.23. The van der Waals surface area contributed by atoms with Crippen LogP contribution in [-0.2, 0) is 11.2 Å². The number of carboxylic acids is 1. The minimum absolute atomic E-state index is 0.100. The van der Waals surface area contributed by atoms with Crippen molar-refractivity contribution in [3.63, 3.8) is 0 Å². The number of fused-ring (bicyclic) bond motifs is 1. The second-order valence-electron chi connectivity index (χ2n) is 3.44. The van der Waals surface area contributed by atoms with Crippen LogP contribution in [0.4, 0.5) is 0 Å². The third-order valence-corrected chi connectivity index (χ3v) is 2.66. The summed E-state index contributed by atoms with van der Waals surface area (Å²) in [6, 6.07) is 1.70. The van der Waals surface area contributed by atoms with Crippen molar-refractivity contribution in [3.8, 4) is 0 Å². The van der Waals surface area contributed by atoms with Crippen molar-refractivity contribution in [2.45, 2.75) is 19.3 Å². The van der Waals surface area contributed by atoms with Crippen molar-refractivity contribution in [1.82, 2.24) is 0 Å². The molecule has 0 amide bonds. The number of carboxylic acid groups (broad SMARTS) is 1. The molecule has 0 saturated carbocycles. The van der Waals surface area contributed by atoms with Crippen LogP contribution in [0.25, 0.3) is 0 Å². The molecular formula is C9H9ClO3. The van der Waals surface area contributed by atoms with Crippen LogP contribution in [0.3, 0.4) is 0 Å². The second kappa shape index (κ2) is 2.77. The van der Waals surface area contributed by atoms with Crippen LogP contribution in [-0.4, -0.2) is 11.1 Å². The number of hydrogen-bond acceptors (Lipinski definition) is 2. The smallest absolute Gasteiger partial charge is 0.314 e. The molecular weight excluding hydrogens is 192 g/mol. The molecule has 1 aromatic heterocycles. The zero-order valence-electron chi connectivity index (χ0n) is 7.08. The maximum Gasteiger partial charge on any atom is 0.314 e. The Hall–Kier alpha value is -0.960. The lowest BCUT2D eigenvalue weighted by Crippen LogP contribution is -2.14. The Balaban J connectivity index is 2.44. The molecule has 1 heterocycles. The van der Waals surface area contributed by atoms with Crippen LogP contribution < -0.4 is 0 Å². The molecule has 0 bridgehead atoms. The maximum absolute atomic E-state index is 10.9. The van der Waals surface area contributed by atoms with Gasteiger partial charge in [0.05, 0.1) is 0 Å². The number of carbonyl (C=O) groups is 1. The molecule has 70 valence electrons. The number of furan rings is 1. The highest BCUT2D eigenvalue weighted by Crippen LogP contribution is 2.40. The summed E-state index contributed by atoms with van der Waals surface area (Å²) in [4.78, 5) is 10.9. The fourth-order valence-electron chi connectivity index (χ4n) is 1.91. The first-order valence-electron chi connectivity index (χ1n) is 4.10. The zero-order valence-corrected chi connectivity index (χ0v) is 7.84. The van der Waals surface area contributed by atoms with E-state index >= 15 is 0 Å². The molecule has 0 radical (unpaired) electrons. The first-order chi connectivity index (χ1) is 6.09. The molecule has 3 nitrogen and oxygen atoms in total. The van der Waals surface area contributed by atoms with E-state index in [9.17, 15) is 4.79 Å². The van der Waals surface area contributed by atoms with Gasteiger partial charge in [0.1, 0.15) is 11.7 Å². The standard InChI is InChI=1S/C9H9ClO3/c1-4-2-5-3-6(10)13-8(5)7(4)9(11)12/h3-4,7H,2H2,1H3,(H,11,12). The van der Waals surface area contributed by atoms with Gasteiger partial charge >= 0.3 is 5.97 Å². The Morgan fingerprint density at radius 1 is 1.77 bits per heavy atom. The fourth-order valence-corrected chi connectivity index (χ4v) is 2.12. The topological polar surface area (TPSA) is 50.4 Å². The molecule has 0 aliphatic heterocycles. The fraction of sp³-hybridized carbons (Fsp3) is 0.444. The highest BCUT2D eigenvalue weighted by molar-refractivity contribution is 6.29. The molecule has 0 saturated heterocycles. The normalized spacial score (nSPS) is 26.0. The Bertz CT molecular complexity index is 356. The van der Waals surface area contributed by atoms with Crippen LogP contribution in [0.2, 0.25) is 5.22 Å². The Labute approximate surface area is 80.3 Å². The summed E-state index contributed by atoms with van der Waals surface area (Å²) in [5.41, 5.74) is 0.935. The summed E-state index contributed by atoms with van der Waals surface area (Å²) in [5.74, 6) is -0.728. The average Bonchev–Trinajstić information content (AvgIpc) is 2.41. The maximum atomic E-state index is 10.9. The summed E-state index contributed by atoms with van der Waals surface area (Å²) < 4.78 is 5.15. The Morgan fingerprint density at radius 3 is 3.08 bits per heavy atom. The summed E-state index contributed by atoms with van der Waals surface area (Å²) >= 11 is 5.64. The van der Waals surface area contributed by atoms with Gasteiger partial charge in [-0.15, -0.1) is 0 Å². The van der Waals surface area contributed by atoms with Crippen LogP contribution in [0.1, 0.15) is 24.2 Å². The monoisotopic (exact) mass is 200 g/mol. The van der Waals surface area contributed by atoms with Crippen molar-refractivity contribution in [2.75, 3.05) is 0 Å². The lowest BCUT2D eigenvalue weighted by Gasteiger charge is -2.08. The summed E-state index contributed by atoms with van der Waals surface area (Å²) in [5, 5.41) is 9.22. The van der Waals surface area contributed by atoms with E-state index in [2.05, 4.69) is 0 Å². The average molecular weight is 201 g/mol. The third-order valence-electron chi connectivity index (χ3n) is 2.47. The molecule has 1 aliphatic rings. The molecule has 1 N–H and O–H groups in total. The molecule has 1 aliphatic carbocycles. The van der Waals surface area contributed by atoms with Gasteiger partial charge in [0.2, 0.25) is 0 Å². The zero-order chi connectivity index (χ0) is 9.59. The molecule has 2 rings (SSSR count). The van der Waals surface area contributed by atoms with Crippen LogP contribution in [0.15, 0.2) is 10.5 Å². The van der Waals surface area contributed by atoms with E-state index in [1.165, 1.54) is 0 Å². The van der Waals surface area contributed by atoms with E-state index in [0.717, 1.165) is 12.0 Å². The van der Waals surface area contributed by atoms with Gasteiger partial charge in [0.25, 0.3) is 0 Å². The van der Waals surface area contributed by atoms with Crippen LogP contribution >= 0.6 is 11.6 Å². The second-order valence-corrected chi connectivity index (χ2v) is 3.81. The van der Waals surface area contributed by atoms with E-state index in [1.807, 2.05) is 6.92 Å². The van der Waals surface area contributed by atoms with Gasteiger partial charge in [-0.3, -0.25) is 4.79 Å². The summed E-state index contributed by atoms with van der Waals surface area (Å²) in [6.07, 6.45) is 0.739. The summed E-state index contributed by atoms with van der Waals surface area (Å²) in [7, 11) is 0. The predicted octanol–water partition coefficient (Wildman–Crippen LogP) is 2.29. The van der Waals surface area contributed by atoms with Crippen molar-refractivity contribution >= 4 is 17.6 Å². The SMILES string of the molecule is CC1Cc2cc(Cl)oc2C1C(=O)O. The first-order valence-corrected chi connectivity index (χ1v) is 4.48. The highest BCUT2D eigenvalue weighted by Gasteiger charge is 2.38. The molecule has 4 heteroatoms. The van der Waals surface area contributed by atoms with Gasteiger partial charge in [-0.25, -0.2) is 0 Å². The molecule has 2 atom stereocenters. The number of halogens is 1. The van der Waals surface area contributed by atoms with Crippen molar-refractivity contribution in [1.29, 1.82) is 0 Å². The Morgan fingerprint density at radius 2 is 2.46 bits per heavy atom. The highest BCUT2D eigenvalue weighted by atomic mass is 35.5. The van der Waals surface area contributed by atoms with Crippen molar-refractivity contribution < 1.29 is 14.3 Å². The van der Waals surface area contributed by atoms with Crippen molar-refractivity contribution in [3.05, 3.63) is 22.6 Å². The number of hydrogen-bond donors (Lipinski definition) is 1. The summed E-state index contributed by atoms with van der Waals surface area (Å²) in [6.45, 7) is 1.90. The number of aliphatic carboxylic acids is 1. The predicted molar refractivity (Wildman–Crippen MR) is 47.0 cm³/mol. The van der Waals surface area contributed by atoms with E-state index < -0.39 is 11.9 Å². The van der Waals surface area contributed by atoms with Crippen LogP contribution in [0, 0.1) is 5.92 Å². The van der Waals surface area contributed by atoms with Gasteiger partial charge in [-0.1, -0.05) is 6.92 Å². The van der Waals surface area contributed by atoms with Crippen LogP contribution in [0.5, 0.6) is 0 Å². The van der Waals surface area contributed by atoms with Gasteiger partial charge in [-0.05, 0) is 35.6 Å². The van der Waals surface area contributed by atoms with E-state index in [4.69, 9.17) is 21.1 Å². The molecule has 1 aromatic rings. The lowest BCUT2D eigenvalue weighted by molar-refractivity contribution is -0.140. The minimum atomic E-state index is -0.836. The quantitative estimate of drug-likeness (QED) is 0.757. The van der Waals surface area contributed by atoms with E-state index in [-0.39, 0.29) is 11.1 Å².